The molecule has 0 aliphatic heterocycles. The molecule has 0 radical (unpaired) electrons. The molecule has 80 valence electrons. The van der Waals surface area contributed by atoms with Gasteiger partial charge in [0, 0.05) is 21.1 Å². The first kappa shape index (κ1) is 9.90. The molecule has 0 fully saturated rings. The molecule has 2 rings (SSSR count). The maximum Gasteiger partial charge on any atom is 0.332 e. The van der Waals surface area contributed by atoms with E-state index >= 15 is 0 Å². The van der Waals surface area contributed by atoms with E-state index in [-0.39, 0.29) is 11.2 Å². The molecule has 0 unspecified atom stereocenters. The van der Waals surface area contributed by atoms with E-state index in [4.69, 9.17) is 0 Å². The Bertz CT molecular complexity index is 664. The lowest BCUT2D eigenvalue weighted by atomic mass is 10.5. The van der Waals surface area contributed by atoms with Gasteiger partial charge in [-0.25, -0.2) is 9.78 Å². The van der Waals surface area contributed by atoms with Crippen LogP contribution >= 0.6 is 0 Å². The summed E-state index contributed by atoms with van der Waals surface area (Å²) < 4.78 is 4.26. The molecule has 0 aliphatic rings. The third-order valence-electron chi connectivity index (χ3n) is 2.70. The average molecular weight is 224 g/mol. The van der Waals surface area contributed by atoms with E-state index in [1.165, 1.54) is 11.6 Å². The number of imidazole rings is 1. The number of rotatable bonds is 0. The summed E-state index contributed by atoms with van der Waals surface area (Å²) in [5.41, 5.74) is 1.18. The van der Waals surface area contributed by atoms with Gasteiger partial charge in [0.15, 0.2) is 11.2 Å². The van der Waals surface area contributed by atoms with Gasteiger partial charge >= 0.3 is 5.69 Å². The summed E-state index contributed by atoms with van der Waals surface area (Å²) in [6, 6.07) is 0. The van der Waals surface area contributed by atoms with Crippen LogP contribution in [0.3, 0.4) is 0 Å². The van der Waals surface area contributed by atoms with Gasteiger partial charge in [0.25, 0.3) is 5.56 Å². The number of aryl methyl sites for hydroxylation is 2. The fourth-order valence-electron chi connectivity index (χ4n) is 1.63. The second-order valence-corrected chi connectivity index (χ2v) is 4.49. The van der Waals surface area contributed by atoms with Crippen molar-refractivity contribution in [3.05, 3.63) is 20.8 Å². The summed E-state index contributed by atoms with van der Waals surface area (Å²) in [5.74, 6) is 0. The van der Waals surface area contributed by atoms with Gasteiger partial charge in [-0.1, -0.05) is 0 Å². The van der Waals surface area contributed by atoms with E-state index in [2.05, 4.69) is 4.98 Å². The lowest BCUT2D eigenvalue weighted by Gasteiger charge is -2.02. The van der Waals surface area contributed by atoms with Gasteiger partial charge < -0.3 is 4.57 Å². The van der Waals surface area contributed by atoms with E-state index in [0.717, 1.165) is 20.3 Å². The van der Waals surface area contributed by atoms with Crippen molar-refractivity contribution >= 4 is 26.9 Å². The average Bonchev–Trinajstić information content (AvgIpc) is 2.50. The smallest absolute Gasteiger partial charge is 0.330 e. The predicted octanol–water partition coefficient (Wildman–Crippen LogP) is -3.04. The van der Waals surface area contributed by atoms with Crippen molar-refractivity contribution < 1.29 is 0 Å². The van der Waals surface area contributed by atoms with Gasteiger partial charge in [-0.2, -0.15) is 0 Å². The molecular formula is C8H12N4O2Si. The molecule has 2 heterocycles. The highest BCUT2D eigenvalue weighted by Crippen LogP contribution is 1.99. The summed E-state index contributed by atoms with van der Waals surface area (Å²) in [4.78, 5) is 27.7. The first-order valence-electron chi connectivity index (χ1n) is 4.54. The van der Waals surface area contributed by atoms with Crippen LogP contribution in [-0.4, -0.2) is 28.9 Å². The minimum atomic E-state index is -0.340. The molecular weight excluding hydrogens is 212 g/mol. The van der Waals surface area contributed by atoms with Gasteiger partial charge in [0.2, 0.25) is 0 Å². The first-order chi connectivity index (χ1) is 6.95. The normalized spacial score (nSPS) is 11.4. The molecule has 15 heavy (non-hydrogen) atoms. The maximum atomic E-state index is 11.8. The zero-order chi connectivity index (χ0) is 11.3. The highest BCUT2D eigenvalue weighted by atomic mass is 28.1. The molecule has 0 bridgehead atoms. The highest BCUT2D eigenvalue weighted by molar-refractivity contribution is 6.30. The number of hydrogen-bond donors (Lipinski definition) is 0. The van der Waals surface area contributed by atoms with Crippen molar-refractivity contribution in [2.75, 3.05) is 0 Å². The van der Waals surface area contributed by atoms with Crippen molar-refractivity contribution in [3.8, 4) is 0 Å². The molecule has 0 saturated carbocycles. The zero-order valence-electron chi connectivity index (χ0n) is 9.11. The lowest BCUT2D eigenvalue weighted by Crippen LogP contribution is -2.37. The van der Waals surface area contributed by atoms with Crippen molar-refractivity contribution in [3.63, 3.8) is 0 Å². The minimum absolute atomic E-state index is 0.287. The molecule has 0 aromatic carbocycles. The fourth-order valence-corrected chi connectivity index (χ4v) is 2.06. The molecule has 2 aromatic heterocycles. The van der Waals surface area contributed by atoms with Crippen LogP contribution in [0.4, 0.5) is 0 Å². The largest absolute Gasteiger partial charge is 0.332 e. The number of fused-ring (bicyclic) bond motifs is 1. The van der Waals surface area contributed by atoms with Gasteiger partial charge in [-0.15, -0.1) is 0 Å². The van der Waals surface area contributed by atoms with Crippen molar-refractivity contribution in [1.29, 1.82) is 0 Å². The minimum Gasteiger partial charge on any atom is -0.330 e. The Balaban J connectivity index is 3.23. The van der Waals surface area contributed by atoms with Crippen LogP contribution in [-0.2, 0) is 21.1 Å². The van der Waals surface area contributed by atoms with Crippen molar-refractivity contribution in [2.24, 2.45) is 21.1 Å². The summed E-state index contributed by atoms with van der Waals surface area (Å²) >= 11 is 0. The molecule has 0 atom stereocenters. The van der Waals surface area contributed by atoms with Crippen LogP contribution in [0.25, 0.3) is 11.2 Å². The Kier molecular flexibility index (Phi) is 1.93. The number of aromatic nitrogens is 4. The SMILES string of the molecule is Cn1c(=O)c2c(nc([SiH3])n2C)n(C)c1=O. The van der Waals surface area contributed by atoms with Gasteiger partial charge in [0.1, 0.15) is 0 Å². The molecule has 2 aromatic rings. The van der Waals surface area contributed by atoms with E-state index in [1.807, 2.05) is 0 Å². The summed E-state index contributed by atoms with van der Waals surface area (Å²) in [7, 11) is 5.64. The van der Waals surface area contributed by atoms with E-state index < -0.39 is 0 Å². The van der Waals surface area contributed by atoms with Crippen LogP contribution < -0.4 is 16.7 Å². The molecule has 6 nitrogen and oxygen atoms in total. The Morgan fingerprint density at radius 3 is 2.27 bits per heavy atom. The second kappa shape index (κ2) is 2.93. The molecule has 0 N–H and O–H groups in total. The molecule has 0 amide bonds. The van der Waals surface area contributed by atoms with Gasteiger partial charge in [0.05, 0.1) is 15.7 Å². The number of hydrogen-bond acceptors (Lipinski definition) is 3. The third-order valence-corrected chi connectivity index (χ3v) is 3.59. The monoisotopic (exact) mass is 224 g/mol. The van der Waals surface area contributed by atoms with Crippen LogP contribution in [0, 0.1) is 0 Å². The van der Waals surface area contributed by atoms with Crippen molar-refractivity contribution in [1.82, 2.24) is 18.7 Å². The van der Waals surface area contributed by atoms with E-state index in [1.54, 1.807) is 18.7 Å². The Labute approximate surface area is 88.2 Å². The Morgan fingerprint density at radius 1 is 1.07 bits per heavy atom. The van der Waals surface area contributed by atoms with Crippen molar-refractivity contribution in [2.45, 2.75) is 0 Å². The highest BCUT2D eigenvalue weighted by Gasteiger charge is 2.14. The summed E-state index contributed by atoms with van der Waals surface area (Å²) in [6.07, 6.45) is 0. The van der Waals surface area contributed by atoms with E-state index in [0.29, 0.717) is 11.2 Å². The summed E-state index contributed by atoms with van der Waals surface area (Å²) in [6.45, 7) is 0. The Hall–Kier alpha value is -1.63. The standard InChI is InChI=1S/C8H12N4O2Si/c1-10-4-5(9-7(10)15)11(2)8(14)12(3)6(4)13/h1-3,15H3. The second-order valence-electron chi connectivity index (χ2n) is 3.60. The number of nitrogens with zero attached hydrogens (tertiary/aromatic N) is 4. The summed E-state index contributed by atoms with van der Waals surface area (Å²) in [5, 5.41) is 0. The zero-order valence-corrected chi connectivity index (χ0v) is 11.1. The quantitative estimate of drug-likeness (QED) is 0.447. The van der Waals surface area contributed by atoms with Crippen LogP contribution in [0.15, 0.2) is 9.59 Å². The van der Waals surface area contributed by atoms with Crippen LogP contribution in [0.5, 0.6) is 0 Å². The third kappa shape index (κ3) is 1.13. The van der Waals surface area contributed by atoms with Crippen LogP contribution in [0.1, 0.15) is 0 Å². The van der Waals surface area contributed by atoms with E-state index in [9.17, 15) is 9.59 Å². The van der Waals surface area contributed by atoms with Gasteiger partial charge in [-0.05, 0) is 0 Å². The van der Waals surface area contributed by atoms with Crippen LogP contribution in [0.2, 0.25) is 0 Å². The predicted molar refractivity (Wildman–Crippen MR) is 60.8 cm³/mol. The lowest BCUT2D eigenvalue weighted by molar-refractivity contribution is 0.705. The Morgan fingerprint density at radius 2 is 1.67 bits per heavy atom. The molecule has 0 spiro atoms. The molecule has 7 heteroatoms. The van der Waals surface area contributed by atoms with Gasteiger partial charge in [-0.3, -0.25) is 13.9 Å². The fraction of sp³-hybridized carbons (Fsp3) is 0.375. The molecule has 0 aliphatic carbocycles. The topological polar surface area (TPSA) is 61.8 Å². The first-order valence-corrected chi connectivity index (χ1v) is 5.54. The maximum absolute atomic E-state index is 11.8. The molecule has 0 saturated heterocycles.